The van der Waals surface area contributed by atoms with Crippen LogP contribution in [0.3, 0.4) is 0 Å². The summed E-state index contributed by atoms with van der Waals surface area (Å²) in [5.74, 6) is 0.826. The lowest BCUT2D eigenvalue weighted by Crippen LogP contribution is -2.28. The number of anilines is 1. The maximum Gasteiger partial charge on any atom is 0.238 e. The maximum absolute atomic E-state index is 12.0. The molecule has 178 valence electrons. The van der Waals surface area contributed by atoms with E-state index in [1.54, 1.807) is 0 Å². The molecule has 0 aliphatic rings. The van der Waals surface area contributed by atoms with E-state index >= 15 is 0 Å². The van der Waals surface area contributed by atoms with Crippen LogP contribution in [-0.4, -0.2) is 25.1 Å². The lowest BCUT2D eigenvalue weighted by Gasteiger charge is -2.11. The van der Waals surface area contributed by atoms with Crippen LogP contribution in [0, 0.1) is 0 Å². The molecule has 0 unspecified atom stereocenters. The van der Waals surface area contributed by atoms with Crippen LogP contribution in [-0.2, 0) is 4.79 Å². The zero-order valence-electron chi connectivity index (χ0n) is 20.5. The van der Waals surface area contributed by atoms with Gasteiger partial charge in [0, 0.05) is 5.69 Å². The smallest absolute Gasteiger partial charge is 0.238 e. The van der Waals surface area contributed by atoms with Gasteiger partial charge in [-0.25, -0.2) is 0 Å². The summed E-state index contributed by atoms with van der Waals surface area (Å²) in [5.41, 5.74) is 0.805. The number of carbonyl (C=O) groups excluding carboxylic acids is 1. The van der Waals surface area contributed by atoms with Gasteiger partial charge in [-0.2, -0.15) is 0 Å². The summed E-state index contributed by atoms with van der Waals surface area (Å²) in [6.45, 7) is 7.55. The Hall–Kier alpha value is -1.55. The van der Waals surface area contributed by atoms with Crippen molar-refractivity contribution in [2.75, 3.05) is 18.4 Å². The monoisotopic (exact) mass is 432 g/mol. The van der Waals surface area contributed by atoms with Crippen LogP contribution in [0.2, 0.25) is 0 Å². The van der Waals surface area contributed by atoms with Crippen molar-refractivity contribution in [2.45, 2.75) is 117 Å². The van der Waals surface area contributed by atoms with Gasteiger partial charge in [0.2, 0.25) is 5.91 Å². The minimum Gasteiger partial charge on any atom is -0.491 e. The second-order valence-electron chi connectivity index (χ2n) is 9.01. The van der Waals surface area contributed by atoms with Crippen molar-refractivity contribution in [3.05, 3.63) is 24.3 Å². The number of nitrogens with one attached hydrogen (secondary N) is 2. The Labute approximate surface area is 191 Å². The van der Waals surface area contributed by atoms with Crippen LogP contribution in [0.1, 0.15) is 111 Å². The van der Waals surface area contributed by atoms with Crippen molar-refractivity contribution < 1.29 is 9.53 Å². The van der Waals surface area contributed by atoms with Gasteiger partial charge in [-0.1, -0.05) is 90.4 Å². The molecule has 0 aliphatic heterocycles. The molecule has 0 saturated heterocycles. The summed E-state index contributed by atoms with van der Waals surface area (Å²) in [4.78, 5) is 12.0. The lowest BCUT2D eigenvalue weighted by molar-refractivity contribution is -0.115. The van der Waals surface area contributed by atoms with E-state index in [0.717, 1.165) is 24.4 Å². The molecule has 1 rings (SSSR count). The summed E-state index contributed by atoms with van der Waals surface area (Å²) < 4.78 is 5.61. The number of hydrogen-bond donors (Lipinski definition) is 2. The highest BCUT2D eigenvalue weighted by molar-refractivity contribution is 5.92. The van der Waals surface area contributed by atoms with Crippen LogP contribution in [0.25, 0.3) is 0 Å². The van der Waals surface area contributed by atoms with Gasteiger partial charge in [0.25, 0.3) is 0 Å². The summed E-state index contributed by atoms with van der Waals surface area (Å²) >= 11 is 0. The number of unbranched alkanes of at least 4 members (excludes halogenated alkanes) is 13. The fraction of sp³-hybridized carbons (Fsp3) is 0.741. The molecule has 1 aromatic rings. The van der Waals surface area contributed by atoms with Crippen LogP contribution in [0.5, 0.6) is 5.75 Å². The standard InChI is InChI=1S/C27H48N2O2/c1-4-5-6-7-8-9-10-11-12-13-14-15-16-17-22-28-23-27(30)29-25-18-20-26(21-19-25)31-24(2)3/h18-21,24,28H,4-17,22-23H2,1-3H3,(H,29,30). The first kappa shape index (κ1) is 27.5. The molecule has 0 heterocycles. The normalized spacial score (nSPS) is 11.1. The molecule has 0 fully saturated rings. The molecule has 0 spiro atoms. The molecular weight excluding hydrogens is 384 g/mol. The Balaban J connectivity index is 1.87. The molecule has 2 N–H and O–H groups in total. The predicted molar refractivity (Wildman–Crippen MR) is 134 cm³/mol. The molecule has 0 saturated carbocycles. The summed E-state index contributed by atoms with van der Waals surface area (Å²) in [6.07, 6.45) is 19.3. The Kier molecular flexibility index (Phi) is 17.0. The van der Waals surface area contributed by atoms with E-state index in [0.29, 0.717) is 6.54 Å². The molecule has 0 radical (unpaired) electrons. The quantitative estimate of drug-likeness (QED) is 0.210. The third-order valence-electron chi connectivity index (χ3n) is 5.50. The van der Waals surface area contributed by atoms with Gasteiger partial charge >= 0.3 is 0 Å². The van der Waals surface area contributed by atoms with E-state index in [4.69, 9.17) is 4.74 Å². The van der Waals surface area contributed by atoms with Crippen LogP contribution in [0.15, 0.2) is 24.3 Å². The molecule has 31 heavy (non-hydrogen) atoms. The number of hydrogen-bond acceptors (Lipinski definition) is 3. The topological polar surface area (TPSA) is 50.4 Å². The maximum atomic E-state index is 12.0. The first-order valence-corrected chi connectivity index (χ1v) is 12.9. The van der Waals surface area contributed by atoms with Crippen molar-refractivity contribution in [3.63, 3.8) is 0 Å². The number of benzene rings is 1. The molecule has 4 heteroatoms. The molecule has 0 aliphatic carbocycles. The molecular formula is C27H48N2O2. The van der Waals surface area contributed by atoms with E-state index in [2.05, 4.69) is 17.6 Å². The second-order valence-corrected chi connectivity index (χ2v) is 9.01. The van der Waals surface area contributed by atoms with Gasteiger partial charge in [-0.3, -0.25) is 4.79 Å². The zero-order valence-corrected chi connectivity index (χ0v) is 20.5. The van der Waals surface area contributed by atoms with E-state index in [-0.39, 0.29) is 12.0 Å². The second kappa shape index (κ2) is 19.2. The molecule has 1 amide bonds. The van der Waals surface area contributed by atoms with E-state index in [1.807, 2.05) is 38.1 Å². The fourth-order valence-electron chi connectivity index (χ4n) is 3.74. The average molecular weight is 433 g/mol. The number of amides is 1. The molecule has 4 nitrogen and oxygen atoms in total. The van der Waals surface area contributed by atoms with Crippen LogP contribution < -0.4 is 15.4 Å². The van der Waals surface area contributed by atoms with Crippen LogP contribution >= 0.6 is 0 Å². The third-order valence-corrected chi connectivity index (χ3v) is 5.50. The van der Waals surface area contributed by atoms with Crippen molar-refractivity contribution in [1.29, 1.82) is 0 Å². The predicted octanol–water partition coefficient (Wildman–Crippen LogP) is 7.48. The SMILES string of the molecule is CCCCCCCCCCCCCCCCNCC(=O)Nc1ccc(OC(C)C)cc1. The van der Waals surface area contributed by atoms with Gasteiger partial charge in [0.05, 0.1) is 12.6 Å². The van der Waals surface area contributed by atoms with Gasteiger partial charge in [0.1, 0.15) is 5.75 Å². The highest BCUT2D eigenvalue weighted by Crippen LogP contribution is 2.17. The number of rotatable bonds is 20. The highest BCUT2D eigenvalue weighted by atomic mass is 16.5. The van der Waals surface area contributed by atoms with E-state index in [9.17, 15) is 4.79 Å². The zero-order chi connectivity index (χ0) is 22.6. The van der Waals surface area contributed by atoms with Crippen molar-refractivity contribution in [3.8, 4) is 5.75 Å². The van der Waals surface area contributed by atoms with Crippen molar-refractivity contribution >= 4 is 11.6 Å². The van der Waals surface area contributed by atoms with Gasteiger partial charge in [-0.05, 0) is 51.1 Å². The van der Waals surface area contributed by atoms with Gasteiger partial charge in [0.15, 0.2) is 0 Å². The summed E-state index contributed by atoms with van der Waals surface area (Å²) in [6, 6.07) is 7.53. The third kappa shape index (κ3) is 16.8. The summed E-state index contributed by atoms with van der Waals surface area (Å²) in [7, 11) is 0. The van der Waals surface area contributed by atoms with E-state index < -0.39 is 0 Å². The Bertz CT molecular complexity index is 543. The first-order valence-electron chi connectivity index (χ1n) is 12.9. The Morgan fingerprint density at radius 2 is 1.26 bits per heavy atom. The van der Waals surface area contributed by atoms with Crippen molar-refractivity contribution in [1.82, 2.24) is 5.32 Å². The number of ether oxygens (including phenoxy) is 1. The Morgan fingerprint density at radius 3 is 1.74 bits per heavy atom. The number of carbonyl (C=O) groups is 1. The minimum absolute atomic E-state index is 0.00268. The minimum atomic E-state index is 0.00268. The molecule has 0 aromatic heterocycles. The largest absolute Gasteiger partial charge is 0.491 e. The first-order chi connectivity index (χ1) is 15.1. The van der Waals surface area contributed by atoms with Gasteiger partial charge in [-0.15, -0.1) is 0 Å². The molecule has 0 atom stereocenters. The Morgan fingerprint density at radius 1 is 0.774 bits per heavy atom. The summed E-state index contributed by atoms with van der Waals surface area (Å²) in [5, 5.41) is 6.17. The molecule has 0 bridgehead atoms. The fourth-order valence-corrected chi connectivity index (χ4v) is 3.74. The lowest BCUT2D eigenvalue weighted by atomic mass is 10.0. The van der Waals surface area contributed by atoms with E-state index in [1.165, 1.54) is 83.5 Å². The van der Waals surface area contributed by atoms with Crippen molar-refractivity contribution in [2.24, 2.45) is 0 Å². The molecule has 1 aromatic carbocycles. The van der Waals surface area contributed by atoms with Gasteiger partial charge < -0.3 is 15.4 Å². The van der Waals surface area contributed by atoms with Crippen LogP contribution in [0.4, 0.5) is 5.69 Å². The highest BCUT2D eigenvalue weighted by Gasteiger charge is 2.03. The average Bonchev–Trinajstić information content (AvgIpc) is 2.74.